The molecule has 0 fully saturated rings. The highest BCUT2D eigenvalue weighted by Gasteiger charge is 2.17. The van der Waals surface area contributed by atoms with E-state index in [9.17, 15) is 15.0 Å². The Morgan fingerprint density at radius 3 is 1.71 bits per heavy atom. The van der Waals surface area contributed by atoms with Crippen molar-refractivity contribution in [3.63, 3.8) is 0 Å². The summed E-state index contributed by atoms with van der Waals surface area (Å²) in [5, 5.41) is 22.5. The van der Waals surface area contributed by atoms with Gasteiger partial charge in [0.25, 0.3) is 0 Å². The Bertz CT molecular complexity index is 489. The summed E-state index contributed by atoms with van der Waals surface area (Å²) in [4.78, 5) is 12.0. The summed E-state index contributed by atoms with van der Waals surface area (Å²) in [7, 11) is 0. The first-order valence-corrected chi connectivity index (χ1v) is 14.6. The van der Waals surface area contributed by atoms with Gasteiger partial charge in [0.05, 0.1) is 18.8 Å². The second-order valence-corrected chi connectivity index (χ2v) is 9.81. The molecule has 200 valence electrons. The van der Waals surface area contributed by atoms with Crippen LogP contribution < -0.4 is 5.32 Å². The quantitative estimate of drug-likeness (QED) is 0.0924. The zero-order valence-electron chi connectivity index (χ0n) is 22.6. The largest absolute Gasteiger partial charge is 0.394 e. The van der Waals surface area contributed by atoms with Crippen LogP contribution >= 0.6 is 0 Å². The van der Waals surface area contributed by atoms with Gasteiger partial charge in [0.15, 0.2) is 0 Å². The molecule has 4 nitrogen and oxygen atoms in total. The van der Waals surface area contributed by atoms with Gasteiger partial charge in [0, 0.05) is 6.42 Å². The lowest BCUT2D eigenvalue weighted by atomic mass is 10.1. The van der Waals surface area contributed by atoms with Crippen LogP contribution in [0, 0.1) is 0 Å². The molecule has 34 heavy (non-hydrogen) atoms. The maximum atomic E-state index is 12.0. The van der Waals surface area contributed by atoms with Crippen LogP contribution in [0.5, 0.6) is 0 Å². The van der Waals surface area contributed by atoms with Gasteiger partial charge in [-0.3, -0.25) is 4.79 Å². The molecule has 3 N–H and O–H groups in total. The summed E-state index contributed by atoms with van der Waals surface area (Å²) in [6.45, 7) is 4.18. The van der Waals surface area contributed by atoms with Crippen LogP contribution in [0.25, 0.3) is 0 Å². The average molecular weight is 480 g/mol. The van der Waals surface area contributed by atoms with E-state index in [0.29, 0.717) is 6.42 Å². The van der Waals surface area contributed by atoms with Gasteiger partial charge < -0.3 is 15.5 Å². The lowest BCUT2D eigenvalue weighted by Crippen LogP contribution is -2.45. The second-order valence-electron chi connectivity index (χ2n) is 9.81. The summed E-state index contributed by atoms with van der Waals surface area (Å²) in [5.41, 5.74) is 0. The lowest BCUT2D eigenvalue weighted by molar-refractivity contribution is -0.123. The second kappa shape index (κ2) is 26.5. The van der Waals surface area contributed by atoms with Crippen LogP contribution in [0.1, 0.15) is 142 Å². The molecular weight excluding hydrogens is 422 g/mol. The average Bonchev–Trinajstić information content (AvgIpc) is 2.84. The summed E-state index contributed by atoms with van der Waals surface area (Å²) in [6.07, 6.45) is 31.3. The number of aliphatic hydroxyl groups is 2. The Balaban J connectivity index is 3.68. The van der Waals surface area contributed by atoms with Gasteiger partial charge in [0.2, 0.25) is 5.91 Å². The van der Waals surface area contributed by atoms with Crippen molar-refractivity contribution in [1.29, 1.82) is 0 Å². The molecule has 0 aromatic carbocycles. The SMILES string of the molecule is CCCCCCCCCCCCC/C=C/CC/C=C/C(O)C(CO)NC(=O)CCCCCCC. The number of unbranched alkanes of at least 4 members (excludes halogenated alkanes) is 16. The molecule has 2 unspecified atom stereocenters. The highest BCUT2D eigenvalue weighted by molar-refractivity contribution is 5.76. The van der Waals surface area contributed by atoms with E-state index in [4.69, 9.17) is 0 Å². The molecule has 0 saturated heterocycles. The van der Waals surface area contributed by atoms with Crippen LogP contribution in [-0.2, 0) is 4.79 Å². The van der Waals surface area contributed by atoms with Crippen molar-refractivity contribution in [2.24, 2.45) is 0 Å². The lowest BCUT2D eigenvalue weighted by Gasteiger charge is -2.19. The molecular formula is C30H57NO3. The van der Waals surface area contributed by atoms with Gasteiger partial charge in [-0.15, -0.1) is 0 Å². The number of nitrogens with one attached hydrogen (secondary N) is 1. The number of carbonyl (C=O) groups is 1. The molecule has 0 rings (SSSR count). The molecule has 0 aliphatic heterocycles. The van der Waals surface area contributed by atoms with E-state index in [-0.39, 0.29) is 12.5 Å². The molecule has 0 radical (unpaired) electrons. The summed E-state index contributed by atoms with van der Waals surface area (Å²) in [5.74, 6) is -0.0895. The highest BCUT2D eigenvalue weighted by Crippen LogP contribution is 2.12. The van der Waals surface area contributed by atoms with Gasteiger partial charge in [-0.25, -0.2) is 0 Å². The Labute approximate surface area is 211 Å². The van der Waals surface area contributed by atoms with Crippen LogP contribution in [0.15, 0.2) is 24.3 Å². The first-order valence-electron chi connectivity index (χ1n) is 14.6. The first-order chi connectivity index (χ1) is 16.7. The minimum absolute atomic E-state index is 0.0895. The topological polar surface area (TPSA) is 69.6 Å². The van der Waals surface area contributed by atoms with E-state index in [2.05, 4.69) is 31.3 Å². The summed E-state index contributed by atoms with van der Waals surface area (Å²) >= 11 is 0. The van der Waals surface area contributed by atoms with Crippen molar-refractivity contribution < 1.29 is 15.0 Å². The van der Waals surface area contributed by atoms with E-state index >= 15 is 0 Å². The third-order valence-electron chi connectivity index (χ3n) is 6.44. The van der Waals surface area contributed by atoms with Crippen LogP contribution in [-0.4, -0.2) is 34.9 Å². The van der Waals surface area contributed by atoms with E-state index < -0.39 is 12.1 Å². The predicted octanol–water partition coefficient (Wildman–Crippen LogP) is 7.78. The monoisotopic (exact) mass is 479 g/mol. The molecule has 0 heterocycles. The molecule has 0 aromatic heterocycles. The fourth-order valence-electron chi connectivity index (χ4n) is 4.13. The van der Waals surface area contributed by atoms with Gasteiger partial charge in [-0.1, -0.05) is 128 Å². The van der Waals surface area contributed by atoms with Crippen LogP contribution in [0.2, 0.25) is 0 Å². The molecule has 1 amide bonds. The van der Waals surface area contributed by atoms with E-state index in [1.807, 2.05) is 6.08 Å². The standard InChI is InChI=1S/C30H57NO3/c1-3-5-7-9-10-11-12-13-14-15-16-17-18-19-20-22-23-25-29(33)28(27-32)31-30(34)26-24-21-8-6-4-2/h18-19,23,25,28-29,32-33H,3-17,20-22,24,26-27H2,1-2H3,(H,31,34)/b19-18+,25-23+. The molecule has 0 bridgehead atoms. The maximum absolute atomic E-state index is 12.0. The van der Waals surface area contributed by atoms with E-state index in [0.717, 1.165) is 38.5 Å². The number of carbonyl (C=O) groups excluding carboxylic acids is 1. The van der Waals surface area contributed by atoms with Gasteiger partial charge in [0.1, 0.15) is 0 Å². The third-order valence-corrected chi connectivity index (χ3v) is 6.44. The third kappa shape index (κ3) is 22.7. The van der Waals surface area contributed by atoms with Crippen LogP contribution in [0.3, 0.4) is 0 Å². The number of amides is 1. The van der Waals surface area contributed by atoms with Gasteiger partial charge >= 0.3 is 0 Å². The minimum Gasteiger partial charge on any atom is -0.394 e. The minimum atomic E-state index is -0.852. The van der Waals surface area contributed by atoms with Gasteiger partial charge in [-0.2, -0.15) is 0 Å². The summed E-state index contributed by atoms with van der Waals surface area (Å²) < 4.78 is 0. The Kier molecular flexibility index (Phi) is 25.6. The Morgan fingerprint density at radius 1 is 0.676 bits per heavy atom. The van der Waals surface area contributed by atoms with Crippen molar-refractivity contribution in [3.8, 4) is 0 Å². The highest BCUT2D eigenvalue weighted by atomic mass is 16.3. The Morgan fingerprint density at radius 2 is 1.15 bits per heavy atom. The predicted molar refractivity (Wildman–Crippen MR) is 147 cm³/mol. The van der Waals surface area contributed by atoms with Crippen LogP contribution in [0.4, 0.5) is 0 Å². The molecule has 2 atom stereocenters. The van der Waals surface area contributed by atoms with Crippen molar-refractivity contribution in [3.05, 3.63) is 24.3 Å². The Hall–Kier alpha value is -1.13. The normalized spacial score (nSPS) is 13.6. The summed E-state index contributed by atoms with van der Waals surface area (Å²) in [6, 6.07) is -0.629. The van der Waals surface area contributed by atoms with E-state index in [1.165, 1.54) is 83.5 Å². The molecule has 0 aromatic rings. The smallest absolute Gasteiger partial charge is 0.220 e. The zero-order chi connectivity index (χ0) is 25.1. The molecule has 4 heteroatoms. The fourth-order valence-corrected chi connectivity index (χ4v) is 4.13. The number of rotatable bonds is 25. The zero-order valence-corrected chi connectivity index (χ0v) is 22.6. The van der Waals surface area contributed by atoms with Crippen molar-refractivity contribution >= 4 is 5.91 Å². The maximum Gasteiger partial charge on any atom is 0.220 e. The van der Waals surface area contributed by atoms with Crippen molar-refractivity contribution in [2.45, 2.75) is 154 Å². The first kappa shape index (κ1) is 32.9. The van der Waals surface area contributed by atoms with Crippen molar-refractivity contribution in [1.82, 2.24) is 5.32 Å². The number of hydrogen-bond donors (Lipinski definition) is 3. The van der Waals surface area contributed by atoms with Crippen molar-refractivity contribution in [2.75, 3.05) is 6.61 Å². The van der Waals surface area contributed by atoms with Gasteiger partial charge in [-0.05, 0) is 32.1 Å². The number of hydrogen-bond acceptors (Lipinski definition) is 3. The fraction of sp³-hybridized carbons (Fsp3) is 0.833. The van der Waals surface area contributed by atoms with E-state index in [1.54, 1.807) is 6.08 Å². The molecule has 0 aliphatic carbocycles. The number of allylic oxidation sites excluding steroid dienone is 3. The number of aliphatic hydroxyl groups excluding tert-OH is 2. The molecule has 0 spiro atoms. The molecule has 0 saturated carbocycles. The molecule has 0 aliphatic rings.